The topological polar surface area (TPSA) is 86.5 Å². The van der Waals surface area contributed by atoms with Crippen molar-refractivity contribution in [1.82, 2.24) is 0 Å². The molecule has 0 fully saturated rings. The number of hydrogen-bond acceptors (Lipinski definition) is 5. The van der Waals surface area contributed by atoms with Gasteiger partial charge in [0.05, 0.1) is 11.3 Å². The van der Waals surface area contributed by atoms with E-state index in [1.807, 2.05) is 19.9 Å². The summed E-state index contributed by atoms with van der Waals surface area (Å²) in [6, 6.07) is 12.1. The maximum absolute atomic E-state index is 12.5. The molecule has 0 saturated heterocycles. The standard InChI is InChI=1S/C20H21NO4S/c1-12-8-9-15(10-13(12)2)19(23)14(3)25-20(24)16-6-4-5-7-17(16)26-11-18(21)22/h4-10,14H,11H2,1-3H3,(H2,21,22). The predicted molar refractivity (Wildman–Crippen MR) is 101 cm³/mol. The number of hydrogen-bond donors (Lipinski definition) is 1. The Bertz CT molecular complexity index is 847. The van der Waals surface area contributed by atoms with Crippen LogP contribution in [0.5, 0.6) is 0 Å². The van der Waals surface area contributed by atoms with E-state index in [1.54, 1.807) is 43.3 Å². The van der Waals surface area contributed by atoms with E-state index in [-0.39, 0.29) is 11.5 Å². The minimum absolute atomic E-state index is 0.0570. The van der Waals surface area contributed by atoms with Gasteiger partial charge >= 0.3 is 5.97 Å². The third-order valence-corrected chi connectivity index (χ3v) is 5.02. The first-order chi connectivity index (χ1) is 12.3. The first-order valence-corrected chi connectivity index (χ1v) is 9.10. The van der Waals surface area contributed by atoms with Gasteiger partial charge in [0.15, 0.2) is 6.10 Å². The fourth-order valence-electron chi connectivity index (χ4n) is 2.32. The Kier molecular flexibility index (Phi) is 6.58. The molecule has 0 heterocycles. The molecule has 2 N–H and O–H groups in total. The molecule has 2 aromatic rings. The first kappa shape index (κ1) is 19.7. The molecule has 2 rings (SSSR count). The van der Waals surface area contributed by atoms with Crippen LogP contribution in [-0.4, -0.2) is 29.5 Å². The van der Waals surface area contributed by atoms with Gasteiger partial charge in [-0.2, -0.15) is 0 Å². The predicted octanol–water partition coefficient (Wildman–Crippen LogP) is 3.31. The third kappa shape index (κ3) is 4.95. The molecule has 1 unspecified atom stereocenters. The molecular weight excluding hydrogens is 350 g/mol. The van der Waals surface area contributed by atoms with Crippen molar-refractivity contribution in [2.75, 3.05) is 5.75 Å². The lowest BCUT2D eigenvalue weighted by Gasteiger charge is -2.14. The van der Waals surface area contributed by atoms with Gasteiger partial charge in [0.1, 0.15) is 0 Å². The summed E-state index contributed by atoms with van der Waals surface area (Å²) >= 11 is 1.16. The van der Waals surface area contributed by atoms with E-state index < -0.39 is 18.0 Å². The largest absolute Gasteiger partial charge is 0.451 e. The molecular formula is C20H21NO4S. The molecule has 136 valence electrons. The lowest BCUT2D eigenvalue weighted by atomic mass is 10.0. The van der Waals surface area contributed by atoms with E-state index in [0.717, 1.165) is 22.9 Å². The second-order valence-electron chi connectivity index (χ2n) is 5.96. The highest BCUT2D eigenvalue weighted by atomic mass is 32.2. The van der Waals surface area contributed by atoms with Gasteiger partial charge in [0.2, 0.25) is 11.7 Å². The number of carbonyl (C=O) groups is 3. The van der Waals surface area contributed by atoms with Crippen molar-refractivity contribution in [1.29, 1.82) is 0 Å². The van der Waals surface area contributed by atoms with Crippen molar-refractivity contribution < 1.29 is 19.1 Å². The Morgan fingerprint density at radius 3 is 2.42 bits per heavy atom. The van der Waals surface area contributed by atoms with E-state index in [1.165, 1.54) is 0 Å². The fourth-order valence-corrected chi connectivity index (χ4v) is 3.10. The number of ketones is 1. The molecule has 0 saturated carbocycles. The molecule has 0 bridgehead atoms. The summed E-state index contributed by atoms with van der Waals surface area (Å²) in [5.74, 6) is -1.29. The molecule has 5 nitrogen and oxygen atoms in total. The number of benzene rings is 2. The monoisotopic (exact) mass is 371 g/mol. The zero-order chi connectivity index (χ0) is 19.3. The van der Waals surface area contributed by atoms with Gasteiger partial charge in [-0.25, -0.2) is 4.79 Å². The zero-order valence-corrected chi connectivity index (χ0v) is 15.8. The van der Waals surface area contributed by atoms with Crippen LogP contribution in [0.3, 0.4) is 0 Å². The van der Waals surface area contributed by atoms with Gasteiger partial charge in [-0.05, 0) is 50.1 Å². The Morgan fingerprint density at radius 2 is 1.77 bits per heavy atom. The number of amides is 1. The highest BCUT2D eigenvalue weighted by molar-refractivity contribution is 8.00. The Balaban J connectivity index is 2.12. The molecule has 2 aromatic carbocycles. The number of ether oxygens (including phenoxy) is 1. The molecule has 0 radical (unpaired) electrons. The highest BCUT2D eigenvalue weighted by Gasteiger charge is 2.22. The summed E-state index contributed by atoms with van der Waals surface area (Å²) in [7, 11) is 0. The van der Waals surface area contributed by atoms with Crippen molar-refractivity contribution in [2.24, 2.45) is 5.73 Å². The molecule has 0 aliphatic carbocycles. The van der Waals surface area contributed by atoms with Crippen molar-refractivity contribution >= 4 is 29.4 Å². The van der Waals surface area contributed by atoms with Crippen molar-refractivity contribution in [3.8, 4) is 0 Å². The summed E-state index contributed by atoms with van der Waals surface area (Å²) in [5.41, 5.74) is 8.05. The van der Waals surface area contributed by atoms with E-state index in [0.29, 0.717) is 16.0 Å². The van der Waals surface area contributed by atoms with Crippen molar-refractivity contribution in [3.05, 3.63) is 64.7 Å². The number of Topliss-reactive ketones (excluding diaryl/α,β-unsaturated/α-hetero) is 1. The second-order valence-corrected chi connectivity index (χ2v) is 6.98. The van der Waals surface area contributed by atoms with Gasteiger partial charge in [0.25, 0.3) is 0 Å². The van der Waals surface area contributed by atoms with Crippen LogP contribution < -0.4 is 5.73 Å². The average molecular weight is 371 g/mol. The molecule has 0 aromatic heterocycles. The summed E-state index contributed by atoms with van der Waals surface area (Å²) in [6.45, 7) is 5.44. The van der Waals surface area contributed by atoms with Crippen molar-refractivity contribution in [3.63, 3.8) is 0 Å². The summed E-state index contributed by atoms with van der Waals surface area (Å²) in [6.07, 6.45) is -0.918. The number of aryl methyl sites for hydroxylation is 2. The first-order valence-electron chi connectivity index (χ1n) is 8.12. The van der Waals surface area contributed by atoms with E-state index >= 15 is 0 Å². The number of nitrogens with two attached hydrogens (primary N) is 1. The van der Waals surface area contributed by atoms with Crippen LogP contribution in [0.2, 0.25) is 0 Å². The average Bonchev–Trinajstić information content (AvgIpc) is 2.61. The van der Waals surface area contributed by atoms with Crippen LogP contribution in [0.15, 0.2) is 47.4 Å². The number of primary amides is 1. The number of thioether (sulfide) groups is 1. The number of carbonyl (C=O) groups excluding carboxylic acids is 3. The lowest BCUT2D eigenvalue weighted by Crippen LogP contribution is -2.25. The lowest BCUT2D eigenvalue weighted by molar-refractivity contribution is -0.115. The molecule has 0 aliphatic rings. The third-order valence-electron chi connectivity index (χ3n) is 3.92. The number of esters is 1. The summed E-state index contributed by atoms with van der Waals surface area (Å²) in [5, 5.41) is 0. The molecule has 0 aliphatic heterocycles. The van der Waals surface area contributed by atoms with Crippen LogP contribution in [0, 0.1) is 13.8 Å². The zero-order valence-electron chi connectivity index (χ0n) is 14.9. The molecule has 6 heteroatoms. The summed E-state index contributed by atoms with van der Waals surface area (Å²) < 4.78 is 5.35. The van der Waals surface area contributed by atoms with Gasteiger partial charge in [-0.1, -0.05) is 24.3 Å². The van der Waals surface area contributed by atoms with Crippen LogP contribution in [0.25, 0.3) is 0 Å². The molecule has 1 amide bonds. The van der Waals surface area contributed by atoms with E-state index in [2.05, 4.69) is 0 Å². The van der Waals surface area contributed by atoms with E-state index in [4.69, 9.17) is 10.5 Å². The SMILES string of the molecule is Cc1ccc(C(=O)C(C)OC(=O)c2ccccc2SCC(N)=O)cc1C. The maximum Gasteiger partial charge on any atom is 0.339 e. The minimum Gasteiger partial charge on any atom is -0.451 e. The van der Waals surface area contributed by atoms with Gasteiger partial charge < -0.3 is 10.5 Å². The Labute approximate surface area is 156 Å². The minimum atomic E-state index is -0.918. The number of rotatable bonds is 7. The van der Waals surface area contributed by atoms with Gasteiger partial charge in [0, 0.05) is 10.5 Å². The second kappa shape index (κ2) is 8.67. The van der Waals surface area contributed by atoms with E-state index in [9.17, 15) is 14.4 Å². The highest BCUT2D eigenvalue weighted by Crippen LogP contribution is 2.24. The van der Waals surface area contributed by atoms with Crippen LogP contribution in [0.4, 0.5) is 0 Å². The van der Waals surface area contributed by atoms with Gasteiger partial charge in [-0.15, -0.1) is 11.8 Å². The molecule has 26 heavy (non-hydrogen) atoms. The van der Waals surface area contributed by atoms with Crippen molar-refractivity contribution in [2.45, 2.75) is 31.8 Å². The quantitative estimate of drug-likeness (QED) is 0.458. The van der Waals surface area contributed by atoms with Crippen LogP contribution in [0.1, 0.15) is 38.8 Å². The van der Waals surface area contributed by atoms with Crippen LogP contribution >= 0.6 is 11.8 Å². The molecule has 1 atom stereocenters. The maximum atomic E-state index is 12.5. The van der Waals surface area contributed by atoms with Gasteiger partial charge in [-0.3, -0.25) is 9.59 Å². The Hall–Kier alpha value is -2.60. The normalized spacial score (nSPS) is 11.7. The summed E-state index contributed by atoms with van der Waals surface area (Å²) in [4.78, 5) is 36.6. The molecule has 0 spiro atoms. The van der Waals surface area contributed by atoms with Crippen LogP contribution in [-0.2, 0) is 9.53 Å². The fraction of sp³-hybridized carbons (Fsp3) is 0.250. The smallest absolute Gasteiger partial charge is 0.339 e. The Morgan fingerprint density at radius 1 is 1.08 bits per heavy atom.